The van der Waals surface area contributed by atoms with Crippen molar-refractivity contribution in [2.24, 2.45) is 0 Å². The van der Waals surface area contributed by atoms with Crippen LogP contribution in [-0.4, -0.2) is 18.8 Å². The fraction of sp³-hybridized carbons (Fsp3) is 0.176. The zero-order chi connectivity index (χ0) is 15.7. The maximum Gasteiger partial charge on any atom is 0.310 e. The minimum Gasteiger partial charge on any atom is -0.497 e. The van der Waals surface area contributed by atoms with Crippen molar-refractivity contribution < 1.29 is 14.3 Å². The first-order chi connectivity index (χ1) is 10.6. The van der Waals surface area contributed by atoms with Crippen LogP contribution in [0.25, 0.3) is 0 Å². The van der Waals surface area contributed by atoms with E-state index >= 15 is 0 Å². The number of hydrazine groups is 1. The Balaban J connectivity index is 1.91. The maximum absolute atomic E-state index is 12.3. The Bertz CT molecular complexity index is 725. The van der Waals surface area contributed by atoms with Crippen LogP contribution < -0.4 is 15.2 Å². The average Bonchev–Trinajstić information content (AvgIpc) is 2.84. The van der Waals surface area contributed by atoms with Crippen LogP contribution in [-0.2, 0) is 9.59 Å². The van der Waals surface area contributed by atoms with Gasteiger partial charge in [0.1, 0.15) is 11.8 Å². The van der Waals surface area contributed by atoms with E-state index in [0.717, 1.165) is 5.56 Å². The Labute approximate surface area is 128 Å². The summed E-state index contributed by atoms with van der Waals surface area (Å²) in [5.74, 6) is -0.390. The molecule has 1 saturated heterocycles. The monoisotopic (exact) mass is 296 g/mol. The normalized spacial score (nSPS) is 17.9. The Morgan fingerprint density at radius 3 is 2.50 bits per heavy atom. The first kappa shape index (κ1) is 14.3. The number of nitrogens with one attached hydrogen (secondary N) is 1. The van der Waals surface area contributed by atoms with Gasteiger partial charge in [-0.15, -0.1) is 0 Å². The van der Waals surface area contributed by atoms with E-state index in [4.69, 9.17) is 4.74 Å². The number of carbonyl (C=O) groups excluding carboxylic acids is 2. The highest BCUT2D eigenvalue weighted by molar-refractivity contribution is 6.45. The summed E-state index contributed by atoms with van der Waals surface area (Å²) in [4.78, 5) is 24.5. The summed E-state index contributed by atoms with van der Waals surface area (Å²) in [6.45, 7) is 1.97. The van der Waals surface area contributed by atoms with Crippen molar-refractivity contribution in [3.8, 4) is 5.75 Å². The molecule has 1 unspecified atom stereocenters. The molecule has 0 saturated carbocycles. The quantitative estimate of drug-likeness (QED) is 0.882. The van der Waals surface area contributed by atoms with Crippen LogP contribution in [0, 0.1) is 6.92 Å². The standard InChI is InChI=1S/C17H16N2O3/c1-11-6-8-13(9-7-11)19-17(21)16(20)15(18-19)12-4-3-5-14(10-12)22-2/h3-10,15,18H,1-2H3. The van der Waals surface area contributed by atoms with Crippen LogP contribution in [0.2, 0.25) is 0 Å². The number of hydrogen-bond donors (Lipinski definition) is 1. The molecule has 0 spiro atoms. The molecule has 0 radical (unpaired) electrons. The van der Waals surface area contributed by atoms with Crippen molar-refractivity contribution >= 4 is 17.4 Å². The lowest BCUT2D eigenvalue weighted by molar-refractivity contribution is -0.134. The van der Waals surface area contributed by atoms with Gasteiger partial charge in [-0.2, -0.15) is 0 Å². The summed E-state index contributed by atoms with van der Waals surface area (Å²) >= 11 is 0. The van der Waals surface area contributed by atoms with Gasteiger partial charge in [-0.1, -0.05) is 29.8 Å². The molecular weight excluding hydrogens is 280 g/mol. The van der Waals surface area contributed by atoms with Crippen molar-refractivity contribution in [3.63, 3.8) is 0 Å². The molecule has 0 aliphatic carbocycles. The van der Waals surface area contributed by atoms with Crippen molar-refractivity contribution in [2.45, 2.75) is 13.0 Å². The number of nitrogens with zero attached hydrogens (tertiary/aromatic N) is 1. The number of methoxy groups -OCH3 is 1. The second kappa shape index (κ2) is 5.61. The summed E-state index contributed by atoms with van der Waals surface area (Å²) in [5.41, 5.74) is 5.41. The maximum atomic E-state index is 12.3. The van der Waals surface area contributed by atoms with Crippen LogP contribution in [0.5, 0.6) is 5.75 Å². The van der Waals surface area contributed by atoms with Crippen LogP contribution in [0.1, 0.15) is 17.2 Å². The SMILES string of the molecule is COc1cccc(C2NN(c3ccc(C)cc3)C(=O)C2=O)c1. The molecule has 1 N–H and O–H groups in total. The number of ether oxygens (including phenoxy) is 1. The number of ketones is 1. The van der Waals surface area contributed by atoms with E-state index in [-0.39, 0.29) is 0 Å². The van der Waals surface area contributed by atoms with Gasteiger partial charge in [0, 0.05) is 0 Å². The van der Waals surface area contributed by atoms with Crippen LogP contribution in [0.15, 0.2) is 48.5 Å². The Hall–Kier alpha value is -2.66. The van der Waals surface area contributed by atoms with Crippen molar-refractivity contribution in [2.75, 3.05) is 12.1 Å². The van der Waals surface area contributed by atoms with E-state index in [9.17, 15) is 9.59 Å². The molecule has 112 valence electrons. The molecule has 5 nitrogen and oxygen atoms in total. The highest BCUT2D eigenvalue weighted by Crippen LogP contribution is 2.27. The van der Waals surface area contributed by atoms with E-state index in [1.807, 2.05) is 31.2 Å². The number of benzene rings is 2. The molecule has 2 aromatic rings. The molecule has 1 heterocycles. The predicted molar refractivity (Wildman–Crippen MR) is 82.5 cm³/mol. The van der Waals surface area contributed by atoms with Gasteiger partial charge in [-0.25, -0.2) is 10.4 Å². The molecule has 1 atom stereocenters. The highest BCUT2D eigenvalue weighted by atomic mass is 16.5. The van der Waals surface area contributed by atoms with E-state index < -0.39 is 17.7 Å². The Morgan fingerprint density at radius 2 is 1.82 bits per heavy atom. The van der Waals surface area contributed by atoms with Crippen molar-refractivity contribution in [3.05, 3.63) is 59.7 Å². The first-order valence-corrected chi connectivity index (χ1v) is 6.95. The molecular formula is C17H16N2O3. The molecule has 2 aromatic carbocycles. The van der Waals surface area contributed by atoms with E-state index in [2.05, 4.69) is 5.43 Å². The molecule has 1 aliphatic heterocycles. The van der Waals surface area contributed by atoms with Gasteiger partial charge in [-0.05, 0) is 36.8 Å². The smallest absolute Gasteiger partial charge is 0.310 e. The largest absolute Gasteiger partial charge is 0.497 e. The number of carbonyl (C=O) groups is 2. The fourth-order valence-electron chi connectivity index (χ4n) is 2.41. The van der Waals surface area contributed by atoms with Gasteiger partial charge in [0.25, 0.3) is 0 Å². The lowest BCUT2D eigenvalue weighted by atomic mass is 10.0. The molecule has 1 fully saturated rings. The lowest BCUT2D eigenvalue weighted by Crippen LogP contribution is -2.35. The number of hydrogen-bond acceptors (Lipinski definition) is 4. The third-order valence-electron chi connectivity index (χ3n) is 3.65. The van der Waals surface area contributed by atoms with E-state index in [1.54, 1.807) is 31.4 Å². The van der Waals surface area contributed by atoms with Gasteiger partial charge >= 0.3 is 5.91 Å². The average molecular weight is 296 g/mol. The molecule has 22 heavy (non-hydrogen) atoms. The Morgan fingerprint density at radius 1 is 1.09 bits per heavy atom. The zero-order valence-electron chi connectivity index (χ0n) is 12.4. The van der Waals surface area contributed by atoms with Crippen molar-refractivity contribution in [1.82, 2.24) is 5.43 Å². The van der Waals surface area contributed by atoms with Gasteiger partial charge < -0.3 is 4.74 Å². The minimum absolute atomic E-state index is 0.478. The summed E-state index contributed by atoms with van der Waals surface area (Å²) in [6.07, 6.45) is 0. The molecule has 3 rings (SSSR count). The first-order valence-electron chi connectivity index (χ1n) is 6.95. The van der Waals surface area contributed by atoms with Crippen molar-refractivity contribution in [1.29, 1.82) is 0 Å². The van der Waals surface area contributed by atoms with E-state index in [0.29, 0.717) is 17.0 Å². The summed E-state index contributed by atoms with van der Waals surface area (Å²) in [5, 5.41) is 1.30. The minimum atomic E-state index is -0.691. The molecule has 1 amide bonds. The second-order valence-electron chi connectivity index (χ2n) is 5.18. The topological polar surface area (TPSA) is 58.6 Å². The molecule has 1 aliphatic rings. The number of amides is 1. The summed E-state index contributed by atoms with van der Waals surface area (Å²) in [6, 6.07) is 13.9. The molecule has 0 bridgehead atoms. The van der Waals surface area contributed by atoms with Gasteiger partial charge in [0.05, 0.1) is 12.8 Å². The predicted octanol–water partition coefficient (Wildman–Crippen LogP) is 2.17. The number of anilines is 1. The lowest BCUT2D eigenvalue weighted by Gasteiger charge is -2.17. The Kier molecular flexibility index (Phi) is 3.65. The molecule has 0 aromatic heterocycles. The van der Waals surface area contributed by atoms with E-state index in [1.165, 1.54) is 5.01 Å². The number of rotatable bonds is 3. The van der Waals surface area contributed by atoms with Gasteiger partial charge in [0.2, 0.25) is 5.78 Å². The van der Waals surface area contributed by atoms with Gasteiger partial charge in [0.15, 0.2) is 0 Å². The number of aryl methyl sites for hydroxylation is 1. The highest BCUT2D eigenvalue weighted by Gasteiger charge is 2.40. The molecule has 5 heteroatoms. The second-order valence-corrected chi connectivity index (χ2v) is 5.18. The third-order valence-corrected chi connectivity index (χ3v) is 3.65. The fourth-order valence-corrected chi connectivity index (χ4v) is 2.41. The zero-order valence-corrected chi connectivity index (χ0v) is 12.4. The van der Waals surface area contributed by atoms with Crippen LogP contribution >= 0.6 is 0 Å². The third kappa shape index (κ3) is 2.46. The number of Topliss-reactive ketones (excluding diaryl/α,β-unsaturated/α-hetero) is 1. The summed E-state index contributed by atoms with van der Waals surface area (Å²) < 4.78 is 5.16. The van der Waals surface area contributed by atoms with Gasteiger partial charge in [-0.3, -0.25) is 9.59 Å². The van der Waals surface area contributed by atoms with Crippen LogP contribution in [0.4, 0.5) is 5.69 Å². The summed E-state index contributed by atoms with van der Waals surface area (Å²) in [7, 11) is 1.56. The van der Waals surface area contributed by atoms with Crippen LogP contribution in [0.3, 0.4) is 0 Å².